The molecule has 0 radical (unpaired) electrons. The van der Waals surface area contributed by atoms with Crippen LogP contribution in [0.4, 0.5) is 0 Å². The van der Waals surface area contributed by atoms with E-state index in [1.54, 1.807) is 24.3 Å². The molecule has 3 rings (SSSR count). The van der Waals surface area contributed by atoms with Crippen LogP contribution in [-0.4, -0.2) is 53.3 Å². The van der Waals surface area contributed by atoms with Gasteiger partial charge in [-0.1, -0.05) is 0 Å². The van der Waals surface area contributed by atoms with E-state index in [2.05, 4.69) is 4.98 Å². The maximum absolute atomic E-state index is 12.7. The van der Waals surface area contributed by atoms with E-state index in [1.807, 2.05) is 17.0 Å². The number of nitrogens with zero attached hydrogens (tertiary/aromatic N) is 3. The summed E-state index contributed by atoms with van der Waals surface area (Å²) in [6, 6.07) is 3.92. The van der Waals surface area contributed by atoms with Crippen LogP contribution in [0.3, 0.4) is 0 Å². The molecule has 2 amide bonds. The van der Waals surface area contributed by atoms with Crippen molar-refractivity contribution in [2.24, 2.45) is 5.41 Å². The largest absolute Gasteiger partial charge is 0.344 e. The molecule has 1 saturated heterocycles. The predicted octanol–water partition coefficient (Wildman–Crippen LogP) is 1.49. The first-order valence-corrected chi connectivity index (χ1v) is 8.07. The number of hydrogen-bond acceptors (Lipinski definition) is 3. The van der Waals surface area contributed by atoms with E-state index >= 15 is 0 Å². The molecule has 1 aliphatic heterocycles. The van der Waals surface area contributed by atoms with Gasteiger partial charge in [0.15, 0.2) is 0 Å². The van der Waals surface area contributed by atoms with Crippen LogP contribution in [0.1, 0.15) is 31.2 Å². The lowest BCUT2D eigenvalue weighted by Gasteiger charge is -2.26. The molecular formula is C17H23N3O2. The first-order valence-electron chi connectivity index (χ1n) is 8.07. The van der Waals surface area contributed by atoms with Gasteiger partial charge in [-0.2, -0.15) is 0 Å². The third kappa shape index (κ3) is 2.85. The highest BCUT2D eigenvalue weighted by molar-refractivity contribution is 6.07. The number of hydrogen-bond donors (Lipinski definition) is 0. The Morgan fingerprint density at radius 1 is 1.23 bits per heavy atom. The minimum absolute atomic E-state index is 0.00143. The second kappa shape index (κ2) is 6.07. The number of carbonyl (C=O) groups is 2. The second-order valence-corrected chi connectivity index (χ2v) is 6.41. The van der Waals surface area contributed by atoms with Gasteiger partial charge in [0.05, 0.1) is 0 Å². The van der Waals surface area contributed by atoms with Gasteiger partial charge in [-0.05, 0) is 49.8 Å². The van der Waals surface area contributed by atoms with Crippen molar-refractivity contribution in [3.05, 3.63) is 30.1 Å². The Kier molecular flexibility index (Phi) is 4.14. The van der Waals surface area contributed by atoms with Crippen molar-refractivity contribution in [2.75, 3.05) is 26.7 Å². The molecule has 1 aliphatic carbocycles. The average Bonchev–Trinajstić information content (AvgIpc) is 3.18. The van der Waals surface area contributed by atoms with E-state index in [9.17, 15) is 9.59 Å². The number of pyridine rings is 1. The summed E-state index contributed by atoms with van der Waals surface area (Å²) < 4.78 is 0. The van der Waals surface area contributed by atoms with Gasteiger partial charge in [0, 0.05) is 39.1 Å². The highest BCUT2D eigenvalue weighted by atomic mass is 16.2. The first kappa shape index (κ1) is 15.0. The quantitative estimate of drug-likeness (QED) is 0.774. The van der Waals surface area contributed by atoms with Crippen LogP contribution in [-0.2, 0) is 16.0 Å². The summed E-state index contributed by atoms with van der Waals surface area (Å²) in [5.74, 6) is 0.0595. The number of rotatable bonds is 5. The number of likely N-dealkylation sites (tertiary alicyclic amines) is 1. The predicted molar refractivity (Wildman–Crippen MR) is 83.1 cm³/mol. The number of carbonyl (C=O) groups excluding carboxylic acids is 2. The van der Waals surface area contributed by atoms with Crippen molar-refractivity contribution in [3.8, 4) is 0 Å². The highest BCUT2D eigenvalue weighted by Gasteiger charge is 2.59. The number of aromatic nitrogens is 1. The van der Waals surface area contributed by atoms with Crippen LogP contribution in [0, 0.1) is 5.41 Å². The summed E-state index contributed by atoms with van der Waals surface area (Å²) in [6.07, 6.45) is 7.86. The standard InChI is InChI=1S/C17H23N3O2/c1-19(13-6-14-4-9-18-10-5-14)15(21)17(7-8-17)16(22)20-11-2-3-12-20/h4-5,9-10H,2-3,6-8,11-13H2,1H3. The summed E-state index contributed by atoms with van der Waals surface area (Å²) in [7, 11) is 1.81. The van der Waals surface area contributed by atoms with Crippen molar-refractivity contribution in [1.29, 1.82) is 0 Å². The Morgan fingerprint density at radius 3 is 2.45 bits per heavy atom. The molecule has 1 saturated carbocycles. The van der Waals surface area contributed by atoms with Gasteiger partial charge >= 0.3 is 0 Å². The van der Waals surface area contributed by atoms with Gasteiger partial charge in [-0.25, -0.2) is 0 Å². The van der Waals surface area contributed by atoms with Gasteiger partial charge in [0.25, 0.3) is 0 Å². The molecule has 5 heteroatoms. The third-order valence-corrected chi connectivity index (χ3v) is 4.79. The second-order valence-electron chi connectivity index (χ2n) is 6.41. The Balaban J connectivity index is 1.59. The summed E-state index contributed by atoms with van der Waals surface area (Å²) in [4.78, 5) is 32.9. The zero-order valence-electron chi connectivity index (χ0n) is 13.1. The lowest BCUT2D eigenvalue weighted by atomic mass is 10.0. The molecule has 0 spiro atoms. The average molecular weight is 301 g/mol. The summed E-state index contributed by atoms with van der Waals surface area (Å²) >= 11 is 0. The van der Waals surface area contributed by atoms with E-state index in [1.165, 1.54) is 0 Å². The summed E-state index contributed by atoms with van der Waals surface area (Å²) in [5, 5.41) is 0. The number of amides is 2. The molecule has 0 aromatic carbocycles. The zero-order valence-corrected chi connectivity index (χ0v) is 13.1. The molecule has 0 N–H and O–H groups in total. The lowest BCUT2D eigenvalue weighted by Crippen LogP contribution is -2.45. The van der Waals surface area contributed by atoms with Gasteiger partial charge in [-0.15, -0.1) is 0 Å². The smallest absolute Gasteiger partial charge is 0.238 e. The van der Waals surface area contributed by atoms with E-state index in [0.29, 0.717) is 19.4 Å². The van der Waals surface area contributed by atoms with Crippen molar-refractivity contribution in [1.82, 2.24) is 14.8 Å². The minimum Gasteiger partial charge on any atom is -0.344 e. The maximum atomic E-state index is 12.7. The molecule has 1 aromatic heterocycles. The van der Waals surface area contributed by atoms with Crippen molar-refractivity contribution >= 4 is 11.8 Å². The number of likely N-dealkylation sites (N-methyl/N-ethyl adjacent to an activating group) is 1. The first-order chi connectivity index (χ1) is 10.6. The molecular weight excluding hydrogens is 278 g/mol. The maximum Gasteiger partial charge on any atom is 0.238 e. The van der Waals surface area contributed by atoms with Gasteiger partial charge in [-0.3, -0.25) is 14.6 Å². The van der Waals surface area contributed by atoms with Gasteiger partial charge in [0.1, 0.15) is 5.41 Å². The van der Waals surface area contributed by atoms with Crippen LogP contribution < -0.4 is 0 Å². The summed E-state index contributed by atoms with van der Waals surface area (Å²) in [6.45, 7) is 2.26. The summed E-state index contributed by atoms with van der Waals surface area (Å²) in [5.41, 5.74) is 0.419. The van der Waals surface area contributed by atoms with Crippen LogP contribution in [0.2, 0.25) is 0 Å². The van der Waals surface area contributed by atoms with E-state index in [-0.39, 0.29) is 11.8 Å². The Hall–Kier alpha value is -1.91. The molecule has 0 unspecified atom stereocenters. The lowest BCUT2D eigenvalue weighted by molar-refractivity contribution is -0.148. The van der Waals surface area contributed by atoms with E-state index in [0.717, 1.165) is 37.9 Å². The van der Waals surface area contributed by atoms with Crippen LogP contribution in [0.5, 0.6) is 0 Å². The fourth-order valence-corrected chi connectivity index (χ4v) is 3.18. The van der Waals surface area contributed by atoms with Crippen LogP contribution >= 0.6 is 0 Å². The fraction of sp³-hybridized carbons (Fsp3) is 0.588. The Morgan fingerprint density at radius 2 is 1.86 bits per heavy atom. The molecule has 2 fully saturated rings. The zero-order chi connectivity index (χ0) is 15.6. The van der Waals surface area contributed by atoms with E-state index in [4.69, 9.17) is 0 Å². The van der Waals surface area contributed by atoms with Crippen molar-refractivity contribution in [2.45, 2.75) is 32.1 Å². The monoisotopic (exact) mass is 301 g/mol. The molecule has 0 atom stereocenters. The van der Waals surface area contributed by atoms with Crippen LogP contribution in [0.25, 0.3) is 0 Å². The Bertz CT molecular complexity index is 548. The minimum atomic E-state index is -0.739. The topological polar surface area (TPSA) is 53.5 Å². The molecule has 1 aromatic rings. The SMILES string of the molecule is CN(CCc1ccncc1)C(=O)C1(C(=O)N2CCCC2)CC1. The Labute approximate surface area is 131 Å². The van der Waals surface area contributed by atoms with Gasteiger partial charge in [0.2, 0.25) is 11.8 Å². The molecule has 0 bridgehead atoms. The fourth-order valence-electron chi connectivity index (χ4n) is 3.18. The molecule has 118 valence electrons. The highest BCUT2D eigenvalue weighted by Crippen LogP contribution is 2.49. The molecule has 2 aliphatic rings. The van der Waals surface area contributed by atoms with Gasteiger partial charge < -0.3 is 9.80 Å². The van der Waals surface area contributed by atoms with E-state index < -0.39 is 5.41 Å². The third-order valence-electron chi connectivity index (χ3n) is 4.79. The van der Waals surface area contributed by atoms with Crippen molar-refractivity contribution in [3.63, 3.8) is 0 Å². The van der Waals surface area contributed by atoms with Crippen LogP contribution in [0.15, 0.2) is 24.5 Å². The molecule has 2 heterocycles. The normalized spacial score (nSPS) is 19.0. The molecule has 22 heavy (non-hydrogen) atoms. The molecule has 5 nitrogen and oxygen atoms in total. The van der Waals surface area contributed by atoms with Crippen molar-refractivity contribution < 1.29 is 9.59 Å².